The van der Waals surface area contributed by atoms with Crippen molar-refractivity contribution in [2.45, 2.75) is 11.8 Å². The van der Waals surface area contributed by atoms with Crippen LogP contribution in [0.3, 0.4) is 0 Å². The van der Waals surface area contributed by atoms with Crippen molar-refractivity contribution in [3.63, 3.8) is 0 Å². The van der Waals surface area contributed by atoms with Crippen molar-refractivity contribution in [1.82, 2.24) is 0 Å². The van der Waals surface area contributed by atoms with Crippen LogP contribution in [0.1, 0.15) is 11.1 Å². The zero-order valence-electron chi connectivity index (χ0n) is 17.7. The number of nitrogens with one attached hydrogen (secondary N) is 1. The van der Waals surface area contributed by atoms with Gasteiger partial charge in [-0.3, -0.25) is 24.2 Å². The second-order valence-corrected chi connectivity index (χ2v) is 9.57. The summed E-state index contributed by atoms with van der Waals surface area (Å²) in [7, 11) is 0. The minimum Gasteiger partial charge on any atom is -0.325 e. The van der Waals surface area contributed by atoms with Crippen LogP contribution in [0, 0.1) is 6.92 Å². The van der Waals surface area contributed by atoms with E-state index in [1.807, 2.05) is 49.4 Å². The van der Waals surface area contributed by atoms with Gasteiger partial charge in [-0.1, -0.05) is 53.6 Å². The molecule has 2 aliphatic rings. The molecule has 0 bridgehead atoms. The van der Waals surface area contributed by atoms with Gasteiger partial charge in [-0.15, -0.1) is 11.8 Å². The van der Waals surface area contributed by atoms with Crippen molar-refractivity contribution >= 4 is 58.1 Å². The van der Waals surface area contributed by atoms with E-state index in [4.69, 9.17) is 11.6 Å². The summed E-state index contributed by atoms with van der Waals surface area (Å²) in [6.45, 7) is 1.81. The van der Waals surface area contributed by atoms with Crippen LogP contribution in [0.4, 0.5) is 17.1 Å². The van der Waals surface area contributed by atoms with Crippen LogP contribution < -0.4 is 15.1 Å². The van der Waals surface area contributed by atoms with E-state index < -0.39 is 4.87 Å². The molecule has 5 rings (SSSR count). The first-order valence-electron chi connectivity index (χ1n) is 10.4. The molecular weight excluding hydrogens is 458 g/mol. The van der Waals surface area contributed by atoms with E-state index in [-0.39, 0.29) is 30.0 Å². The Labute approximate surface area is 200 Å². The van der Waals surface area contributed by atoms with Crippen LogP contribution in [0.15, 0.2) is 72.8 Å². The predicted octanol–water partition coefficient (Wildman–Crippen LogP) is 4.57. The van der Waals surface area contributed by atoms with Gasteiger partial charge in [0.15, 0.2) is 0 Å². The number of carbonyl (C=O) groups excluding carboxylic acids is 3. The molecule has 3 amide bonds. The summed E-state index contributed by atoms with van der Waals surface area (Å²) in [6, 6.07) is 21.7. The molecule has 3 aromatic rings. The molecule has 0 aliphatic carbocycles. The molecular formula is C25H20ClN3O3S. The molecule has 1 saturated heterocycles. The molecule has 1 spiro atoms. The Hall–Kier alpha value is -3.29. The third-order valence-corrected chi connectivity index (χ3v) is 7.39. The number of aryl methyl sites for hydroxylation is 1. The third-order valence-electron chi connectivity index (χ3n) is 5.77. The Morgan fingerprint density at radius 2 is 1.82 bits per heavy atom. The first-order valence-corrected chi connectivity index (χ1v) is 11.8. The lowest BCUT2D eigenvalue weighted by atomic mass is 10.0. The number of fused-ring (bicyclic) bond motifs is 2. The van der Waals surface area contributed by atoms with Gasteiger partial charge >= 0.3 is 0 Å². The maximum Gasteiger partial charge on any atom is 0.269 e. The first kappa shape index (κ1) is 21.6. The molecule has 6 nitrogen and oxygen atoms in total. The number of rotatable bonds is 4. The van der Waals surface area contributed by atoms with Crippen molar-refractivity contribution in [2.75, 3.05) is 27.4 Å². The van der Waals surface area contributed by atoms with E-state index in [9.17, 15) is 14.4 Å². The van der Waals surface area contributed by atoms with Crippen LogP contribution in [0.2, 0.25) is 5.02 Å². The van der Waals surface area contributed by atoms with Gasteiger partial charge in [-0.05, 0) is 43.3 Å². The number of anilines is 3. The van der Waals surface area contributed by atoms with Gasteiger partial charge in [0.25, 0.3) is 5.91 Å². The average molecular weight is 478 g/mol. The van der Waals surface area contributed by atoms with Crippen LogP contribution in [-0.2, 0) is 19.3 Å². The minimum absolute atomic E-state index is 0.149. The standard InChI is InChI=1S/C25H20ClN3O3S/c1-16-9-11-18(12-10-16)27-22(30)14-28-21-8-3-2-7-20(21)25(24(28)32)29(23(31)15-33-25)19-6-4-5-17(26)13-19/h2-13H,14-15H2,1H3,(H,27,30)/t25-/m1/s1. The molecule has 166 valence electrons. The van der Waals surface area contributed by atoms with Crippen molar-refractivity contribution in [2.24, 2.45) is 0 Å². The van der Waals surface area contributed by atoms with E-state index in [0.29, 0.717) is 27.6 Å². The Balaban J connectivity index is 1.51. The van der Waals surface area contributed by atoms with Gasteiger partial charge in [0.2, 0.25) is 16.7 Å². The van der Waals surface area contributed by atoms with Crippen LogP contribution in [-0.4, -0.2) is 30.0 Å². The van der Waals surface area contributed by atoms with E-state index in [1.165, 1.54) is 21.6 Å². The summed E-state index contributed by atoms with van der Waals surface area (Å²) in [4.78, 5) is 41.5. The van der Waals surface area contributed by atoms with Crippen LogP contribution >= 0.6 is 23.4 Å². The summed E-state index contributed by atoms with van der Waals surface area (Å²) < 4.78 is 0. The molecule has 8 heteroatoms. The molecule has 0 aromatic heterocycles. The van der Waals surface area contributed by atoms with Gasteiger partial charge in [0.1, 0.15) is 6.54 Å². The zero-order chi connectivity index (χ0) is 23.2. The number of carbonyl (C=O) groups is 3. The predicted molar refractivity (Wildman–Crippen MR) is 132 cm³/mol. The second-order valence-electron chi connectivity index (χ2n) is 7.96. The first-order chi connectivity index (χ1) is 15.9. The van der Waals surface area contributed by atoms with E-state index >= 15 is 0 Å². The van der Waals surface area contributed by atoms with Crippen molar-refractivity contribution < 1.29 is 14.4 Å². The molecule has 33 heavy (non-hydrogen) atoms. The Bertz CT molecular complexity index is 1280. The van der Waals surface area contributed by atoms with Gasteiger partial charge in [-0.2, -0.15) is 0 Å². The maximum atomic E-state index is 13.9. The number of halogens is 1. The van der Waals surface area contributed by atoms with E-state index in [2.05, 4.69) is 5.32 Å². The van der Waals surface area contributed by atoms with E-state index in [1.54, 1.807) is 30.3 Å². The SMILES string of the molecule is Cc1ccc(NC(=O)CN2C(=O)[C@]3(SCC(=O)N3c3cccc(Cl)c3)c3ccccc32)cc1. The zero-order valence-corrected chi connectivity index (χ0v) is 19.3. The van der Waals surface area contributed by atoms with Crippen LogP contribution in [0.5, 0.6) is 0 Å². The molecule has 1 N–H and O–H groups in total. The molecule has 0 unspecified atom stereocenters. The molecule has 0 saturated carbocycles. The number of para-hydroxylation sites is 1. The molecule has 3 aromatic carbocycles. The van der Waals surface area contributed by atoms with Gasteiger partial charge in [0, 0.05) is 22.0 Å². The summed E-state index contributed by atoms with van der Waals surface area (Å²) in [5, 5.41) is 3.32. The van der Waals surface area contributed by atoms with Crippen molar-refractivity contribution in [3.05, 3.63) is 88.9 Å². The monoisotopic (exact) mass is 477 g/mol. The fourth-order valence-electron chi connectivity index (χ4n) is 4.31. The topological polar surface area (TPSA) is 69.7 Å². The number of thioether (sulfide) groups is 1. The summed E-state index contributed by atoms with van der Waals surface area (Å²) in [5.74, 6) is -0.673. The molecule has 2 aliphatic heterocycles. The largest absolute Gasteiger partial charge is 0.325 e. The fourth-order valence-corrected chi connectivity index (χ4v) is 5.85. The maximum absolute atomic E-state index is 13.9. The lowest BCUT2D eigenvalue weighted by molar-refractivity contribution is -0.124. The summed E-state index contributed by atoms with van der Waals surface area (Å²) in [5.41, 5.74) is 3.60. The second kappa shape index (κ2) is 8.24. The Morgan fingerprint density at radius 1 is 1.06 bits per heavy atom. The van der Waals surface area contributed by atoms with E-state index in [0.717, 1.165) is 5.56 Å². The number of nitrogens with zero attached hydrogens (tertiary/aromatic N) is 2. The van der Waals surface area contributed by atoms with Gasteiger partial charge in [0.05, 0.1) is 11.4 Å². The fraction of sp³-hybridized carbons (Fsp3) is 0.160. The number of hydrogen-bond donors (Lipinski definition) is 1. The third kappa shape index (κ3) is 3.57. The quantitative estimate of drug-likeness (QED) is 0.597. The minimum atomic E-state index is -1.28. The van der Waals surface area contributed by atoms with Gasteiger partial charge < -0.3 is 5.32 Å². The van der Waals surface area contributed by atoms with Crippen molar-refractivity contribution in [1.29, 1.82) is 0 Å². The highest BCUT2D eigenvalue weighted by atomic mass is 35.5. The molecule has 1 fully saturated rings. The normalized spacial score (nSPS) is 19.3. The lowest BCUT2D eigenvalue weighted by Gasteiger charge is -2.33. The molecule has 2 heterocycles. The highest BCUT2D eigenvalue weighted by Crippen LogP contribution is 2.55. The summed E-state index contributed by atoms with van der Waals surface area (Å²) in [6.07, 6.45) is 0. The Morgan fingerprint density at radius 3 is 2.58 bits per heavy atom. The summed E-state index contributed by atoms with van der Waals surface area (Å²) >= 11 is 7.46. The Kier molecular flexibility index (Phi) is 5.38. The number of hydrogen-bond acceptors (Lipinski definition) is 4. The number of amides is 3. The molecule has 0 radical (unpaired) electrons. The average Bonchev–Trinajstić information content (AvgIpc) is 3.26. The lowest BCUT2D eigenvalue weighted by Crippen LogP contribution is -2.50. The number of benzene rings is 3. The van der Waals surface area contributed by atoms with Crippen molar-refractivity contribution in [3.8, 4) is 0 Å². The molecule has 1 atom stereocenters. The van der Waals surface area contributed by atoms with Crippen LogP contribution in [0.25, 0.3) is 0 Å². The smallest absolute Gasteiger partial charge is 0.269 e. The van der Waals surface area contributed by atoms with Gasteiger partial charge in [-0.25, -0.2) is 0 Å². The highest BCUT2D eigenvalue weighted by molar-refractivity contribution is 8.02. The highest BCUT2D eigenvalue weighted by Gasteiger charge is 2.61.